The molecule has 206 valence electrons. The van der Waals surface area contributed by atoms with Gasteiger partial charge in [-0.25, -0.2) is 23.4 Å². The first-order chi connectivity index (χ1) is 18.9. The van der Waals surface area contributed by atoms with E-state index in [0.717, 1.165) is 21.9 Å². The molecule has 0 spiro atoms. The highest BCUT2D eigenvalue weighted by Gasteiger charge is 2.81. The van der Waals surface area contributed by atoms with Gasteiger partial charge in [0, 0.05) is 11.0 Å². The number of hydrogen-bond acceptors (Lipinski definition) is 6. The average Bonchev–Trinajstić information content (AvgIpc) is 3.34. The number of ether oxygens (including phenoxy) is 1. The van der Waals surface area contributed by atoms with Gasteiger partial charge in [-0.2, -0.15) is 0 Å². The summed E-state index contributed by atoms with van der Waals surface area (Å²) >= 11 is 3.62. The molecule has 40 heavy (non-hydrogen) atoms. The number of para-hydroxylation sites is 2. The second-order valence-corrected chi connectivity index (χ2v) is 11.9. The third-order valence-corrected chi connectivity index (χ3v) is 10.5. The number of halogens is 3. The predicted octanol–water partition coefficient (Wildman–Crippen LogP) is 3.92. The zero-order valence-corrected chi connectivity index (χ0v) is 23.2. The van der Waals surface area contributed by atoms with Gasteiger partial charge in [0.15, 0.2) is 0 Å². The molecule has 3 fully saturated rings. The summed E-state index contributed by atoms with van der Waals surface area (Å²) in [6.45, 7) is 4.64. The zero-order chi connectivity index (χ0) is 28.9. The van der Waals surface area contributed by atoms with E-state index in [1.54, 1.807) is 13.8 Å². The Balaban J connectivity index is 1.61. The molecule has 0 radical (unpaired) electrons. The molecule has 0 N–H and O–H groups in total. The second-order valence-electron chi connectivity index (χ2n) is 10.6. The molecule has 2 bridgehead atoms. The standard InChI is InChI=1S/C29H23BrF2N2O6/c1-4-40-27(39)18-13(2)29(30)21-19(23(35)33(25(21)37)16-11-7-5-9-14(16)31)28(18,3)20-22(29)26(38)34(24(20)36)17-12-8-6-10-15(17)32/h5-12,19-22H,4H2,1-3H3/t19-,20+,21-,22-,28?,29?/m0/s1. The Labute approximate surface area is 236 Å². The summed E-state index contributed by atoms with van der Waals surface area (Å²) in [4.78, 5) is 71.3. The smallest absolute Gasteiger partial charge is 0.334 e. The predicted molar refractivity (Wildman–Crippen MR) is 141 cm³/mol. The number of carbonyl (C=O) groups excluding carboxylic acids is 5. The largest absolute Gasteiger partial charge is 0.463 e. The lowest BCUT2D eigenvalue weighted by atomic mass is 9.43. The van der Waals surface area contributed by atoms with Gasteiger partial charge in [0.2, 0.25) is 23.6 Å². The summed E-state index contributed by atoms with van der Waals surface area (Å²) in [5, 5.41) is 0. The maximum atomic E-state index is 14.9. The molecule has 11 heteroatoms. The monoisotopic (exact) mass is 612 g/mol. The van der Waals surface area contributed by atoms with Crippen molar-refractivity contribution in [2.45, 2.75) is 25.1 Å². The molecule has 2 aromatic carbocycles. The van der Waals surface area contributed by atoms with Gasteiger partial charge in [-0.05, 0) is 43.7 Å². The van der Waals surface area contributed by atoms with Crippen LogP contribution in [0.2, 0.25) is 0 Å². The molecule has 2 heterocycles. The Morgan fingerprint density at radius 3 is 1.62 bits per heavy atom. The number of hydrogen-bond donors (Lipinski definition) is 0. The molecule has 2 saturated heterocycles. The highest BCUT2D eigenvalue weighted by atomic mass is 79.9. The van der Waals surface area contributed by atoms with Crippen LogP contribution in [0.25, 0.3) is 0 Å². The number of carbonyl (C=O) groups is 5. The molecular weight excluding hydrogens is 590 g/mol. The number of imide groups is 2. The van der Waals surface area contributed by atoms with Crippen molar-refractivity contribution in [1.29, 1.82) is 0 Å². The zero-order valence-electron chi connectivity index (χ0n) is 21.6. The van der Waals surface area contributed by atoms with E-state index in [2.05, 4.69) is 15.9 Å². The van der Waals surface area contributed by atoms with Crippen LogP contribution >= 0.6 is 15.9 Å². The maximum Gasteiger partial charge on any atom is 0.334 e. The molecule has 1 saturated carbocycles. The number of alkyl halides is 1. The molecule has 0 aromatic heterocycles. The first-order valence-corrected chi connectivity index (χ1v) is 13.6. The lowest BCUT2D eigenvalue weighted by Crippen LogP contribution is -2.67. The SMILES string of the molecule is CCOC(=O)C1=C(C)C2(Br)[C@@H]3C(=O)N(c4ccccc4F)C(=O)[C@H]3C1(C)[C@H]1C(=O)N(c3ccccc3F)C(=O)[C@H]12. The van der Waals surface area contributed by atoms with Gasteiger partial charge in [-0.15, -0.1) is 0 Å². The van der Waals surface area contributed by atoms with E-state index in [9.17, 15) is 32.8 Å². The van der Waals surface area contributed by atoms with Gasteiger partial charge in [0.05, 0.1) is 46.0 Å². The molecule has 7 rings (SSSR count). The minimum Gasteiger partial charge on any atom is -0.463 e. The van der Waals surface area contributed by atoms with Crippen LogP contribution in [0.4, 0.5) is 20.2 Å². The average molecular weight is 613 g/mol. The van der Waals surface area contributed by atoms with Crippen LogP contribution in [0.5, 0.6) is 0 Å². The van der Waals surface area contributed by atoms with Crippen molar-refractivity contribution in [1.82, 2.24) is 0 Å². The van der Waals surface area contributed by atoms with Gasteiger partial charge in [-0.3, -0.25) is 19.2 Å². The highest BCUT2D eigenvalue weighted by Crippen LogP contribution is 2.72. The maximum absolute atomic E-state index is 14.9. The molecule has 3 aliphatic carbocycles. The Kier molecular flexibility index (Phi) is 5.72. The summed E-state index contributed by atoms with van der Waals surface area (Å²) in [5.74, 6) is -10.7. The molecule has 2 aromatic rings. The number of allylic oxidation sites excluding steroid dienone is 1. The second kappa shape index (κ2) is 8.63. The highest BCUT2D eigenvalue weighted by molar-refractivity contribution is 9.10. The molecular formula is C29H23BrF2N2O6. The van der Waals surface area contributed by atoms with Crippen molar-refractivity contribution < 1.29 is 37.5 Å². The van der Waals surface area contributed by atoms with Crippen LogP contribution in [0.15, 0.2) is 59.7 Å². The Hall–Kier alpha value is -3.73. The van der Waals surface area contributed by atoms with Crippen molar-refractivity contribution in [2.75, 3.05) is 16.4 Å². The summed E-state index contributed by atoms with van der Waals surface area (Å²) in [5.41, 5.74) is -1.97. The number of anilines is 2. The summed E-state index contributed by atoms with van der Waals surface area (Å²) in [6.07, 6.45) is 0. The van der Waals surface area contributed by atoms with E-state index in [0.29, 0.717) is 0 Å². The lowest BCUT2D eigenvalue weighted by Gasteiger charge is -2.59. The third kappa shape index (κ3) is 2.96. The number of rotatable bonds is 4. The quantitative estimate of drug-likeness (QED) is 0.295. The van der Waals surface area contributed by atoms with Crippen molar-refractivity contribution in [3.8, 4) is 0 Å². The fourth-order valence-corrected chi connectivity index (χ4v) is 8.59. The van der Waals surface area contributed by atoms with E-state index in [1.165, 1.54) is 43.3 Å². The van der Waals surface area contributed by atoms with Crippen LogP contribution in [0, 0.1) is 40.7 Å². The molecule has 6 atom stereocenters. The first kappa shape index (κ1) is 26.5. The van der Waals surface area contributed by atoms with Crippen LogP contribution in [-0.2, 0) is 28.7 Å². The van der Waals surface area contributed by atoms with E-state index in [1.807, 2.05) is 0 Å². The Morgan fingerprint density at radius 2 is 1.23 bits per heavy atom. The first-order valence-electron chi connectivity index (χ1n) is 12.8. The number of benzene rings is 2. The molecule has 8 nitrogen and oxygen atoms in total. The van der Waals surface area contributed by atoms with Crippen LogP contribution in [-0.4, -0.2) is 40.5 Å². The topological polar surface area (TPSA) is 101 Å². The Bertz CT molecular complexity index is 1500. The van der Waals surface area contributed by atoms with Crippen molar-refractivity contribution in [3.05, 3.63) is 71.3 Å². The minimum absolute atomic E-state index is 0.00166. The fourth-order valence-electron chi connectivity index (χ4n) is 7.47. The van der Waals surface area contributed by atoms with Gasteiger partial charge >= 0.3 is 5.97 Å². The summed E-state index contributed by atoms with van der Waals surface area (Å²) < 4.78 is 33.4. The third-order valence-electron chi connectivity index (χ3n) is 8.96. The van der Waals surface area contributed by atoms with E-state index in [-0.39, 0.29) is 29.1 Å². The van der Waals surface area contributed by atoms with E-state index in [4.69, 9.17) is 4.74 Å². The van der Waals surface area contributed by atoms with E-state index >= 15 is 0 Å². The lowest BCUT2D eigenvalue weighted by molar-refractivity contribution is -0.152. The van der Waals surface area contributed by atoms with Gasteiger partial charge in [0.25, 0.3) is 0 Å². The molecule has 5 aliphatic rings. The molecule has 4 amide bonds. The molecule has 2 aliphatic heterocycles. The van der Waals surface area contributed by atoms with E-state index < -0.39 is 74.6 Å². The van der Waals surface area contributed by atoms with Crippen LogP contribution < -0.4 is 9.80 Å². The minimum atomic E-state index is -1.71. The normalized spacial score (nSPS) is 32.6. The molecule has 2 unspecified atom stereocenters. The van der Waals surface area contributed by atoms with Gasteiger partial charge < -0.3 is 4.74 Å². The Morgan fingerprint density at radius 1 is 0.825 bits per heavy atom. The van der Waals surface area contributed by atoms with Crippen molar-refractivity contribution in [3.63, 3.8) is 0 Å². The van der Waals surface area contributed by atoms with Gasteiger partial charge in [0.1, 0.15) is 11.6 Å². The number of esters is 1. The number of nitrogens with zero attached hydrogens (tertiary/aromatic N) is 2. The summed E-state index contributed by atoms with van der Waals surface area (Å²) in [7, 11) is 0. The van der Waals surface area contributed by atoms with Crippen molar-refractivity contribution in [2.24, 2.45) is 29.1 Å². The number of amides is 4. The van der Waals surface area contributed by atoms with Crippen LogP contribution in [0.1, 0.15) is 20.8 Å². The van der Waals surface area contributed by atoms with Gasteiger partial charge in [-0.1, -0.05) is 47.1 Å². The van der Waals surface area contributed by atoms with Crippen molar-refractivity contribution >= 4 is 56.9 Å². The fraction of sp³-hybridized carbons (Fsp3) is 0.345. The van der Waals surface area contributed by atoms with Crippen LogP contribution in [0.3, 0.4) is 0 Å². The summed E-state index contributed by atoms with van der Waals surface area (Å²) in [6, 6.07) is 10.6.